The smallest absolute Gasteiger partial charge is 0.0600 e. The van der Waals surface area contributed by atoms with Crippen LogP contribution in [0.5, 0.6) is 0 Å². The maximum Gasteiger partial charge on any atom is 0.0600 e. The average Bonchev–Trinajstić information content (AvgIpc) is 2.28. The lowest BCUT2D eigenvalue weighted by Crippen LogP contribution is -2.45. The van der Waals surface area contributed by atoms with Crippen LogP contribution in [-0.2, 0) is 4.74 Å². The van der Waals surface area contributed by atoms with Crippen LogP contribution in [0.15, 0.2) is 0 Å². The van der Waals surface area contributed by atoms with Gasteiger partial charge in [0.2, 0.25) is 0 Å². The Kier molecular flexibility index (Phi) is 6.69. The van der Waals surface area contributed by atoms with Crippen molar-refractivity contribution in [2.24, 2.45) is 0 Å². The SMILES string of the molecule is CCCNC1CCOCC1SC(C)CC. The van der Waals surface area contributed by atoms with E-state index in [0.717, 1.165) is 25.0 Å². The molecule has 1 heterocycles. The lowest BCUT2D eigenvalue weighted by atomic mass is 10.1. The lowest BCUT2D eigenvalue weighted by molar-refractivity contribution is 0.0832. The second-order valence-corrected chi connectivity index (χ2v) is 6.00. The molecule has 0 bridgehead atoms. The van der Waals surface area contributed by atoms with Gasteiger partial charge in [-0.25, -0.2) is 0 Å². The Balaban J connectivity index is 2.35. The Morgan fingerprint density at radius 1 is 1.47 bits per heavy atom. The van der Waals surface area contributed by atoms with Gasteiger partial charge in [0.25, 0.3) is 0 Å². The molecule has 0 saturated carbocycles. The second-order valence-electron chi connectivity index (χ2n) is 4.32. The summed E-state index contributed by atoms with van der Waals surface area (Å²) in [6.45, 7) is 9.80. The second kappa shape index (κ2) is 7.53. The first-order chi connectivity index (χ1) is 7.27. The molecule has 0 aromatic carbocycles. The molecule has 0 aromatic rings. The van der Waals surface area contributed by atoms with Crippen LogP contribution in [0.25, 0.3) is 0 Å². The van der Waals surface area contributed by atoms with Crippen molar-refractivity contribution in [3.63, 3.8) is 0 Å². The molecule has 1 N–H and O–H groups in total. The summed E-state index contributed by atoms with van der Waals surface area (Å²) in [5, 5.41) is 5.06. The number of hydrogen-bond acceptors (Lipinski definition) is 3. The summed E-state index contributed by atoms with van der Waals surface area (Å²) in [5.74, 6) is 0. The molecule has 0 radical (unpaired) electrons. The summed E-state index contributed by atoms with van der Waals surface area (Å²) in [7, 11) is 0. The highest BCUT2D eigenvalue weighted by atomic mass is 32.2. The first-order valence-corrected chi connectivity index (χ1v) is 7.18. The monoisotopic (exact) mass is 231 g/mol. The van der Waals surface area contributed by atoms with Crippen LogP contribution >= 0.6 is 11.8 Å². The van der Waals surface area contributed by atoms with Crippen LogP contribution in [0.3, 0.4) is 0 Å². The van der Waals surface area contributed by atoms with Gasteiger partial charge in [0.1, 0.15) is 0 Å². The third kappa shape index (κ3) is 4.75. The Bertz CT molecular complexity index is 166. The fraction of sp³-hybridized carbons (Fsp3) is 1.00. The summed E-state index contributed by atoms with van der Waals surface area (Å²) in [6.07, 6.45) is 3.65. The molecule has 90 valence electrons. The number of thioether (sulfide) groups is 1. The van der Waals surface area contributed by atoms with Gasteiger partial charge >= 0.3 is 0 Å². The van der Waals surface area contributed by atoms with Gasteiger partial charge in [0.15, 0.2) is 0 Å². The van der Waals surface area contributed by atoms with Gasteiger partial charge in [0, 0.05) is 23.1 Å². The van der Waals surface area contributed by atoms with Crippen LogP contribution in [-0.4, -0.2) is 36.3 Å². The fourth-order valence-electron chi connectivity index (χ4n) is 1.80. The molecule has 2 nitrogen and oxygen atoms in total. The molecule has 15 heavy (non-hydrogen) atoms. The van der Waals surface area contributed by atoms with Gasteiger partial charge < -0.3 is 10.1 Å². The van der Waals surface area contributed by atoms with E-state index in [-0.39, 0.29) is 0 Å². The Hall–Kier alpha value is 0.270. The van der Waals surface area contributed by atoms with Crippen molar-refractivity contribution < 1.29 is 4.74 Å². The summed E-state index contributed by atoms with van der Waals surface area (Å²) >= 11 is 2.09. The summed E-state index contributed by atoms with van der Waals surface area (Å²) in [5.41, 5.74) is 0. The van der Waals surface area contributed by atoms with Crippen LogP contribution in [0.4, 0.5) is 0 Å². The molecule has 0 amide bonds. The zero-order valence-electron chi connectivity index (χ0n) is 10.3. The molecular weight excluding hydrogens is 206 g/mol. The highest BCUT2D eigenvalue weighted by Crippen LogP contribution is 2.26. The number of nitrogens with one attached hydrogen (secondary N) is 1. The van der Waals surface area contributed by atoms with E-state index in [2.05, 4.69) is 37.8 Å². The minimum atomic E-state index is 0.653. The van der Waals surface area contributed by atoms with E-state index in [1.807, 2.05) is 0 Å². The van der Waals surface area contributed by atoms with E-state index in [0.29, 0.717) is 11.3 Å². The van der Waals surface area contributed by atoms with Gasteiger partial charge in [-0.05, 0) is 25.8 Å². The van der Waals surface area contributed by atoms with E-state index in [1.165, 1.54) is 19.3 Å². The van der Waals surface area contributed by atoms with Gasteiger partial charge in [-0.3, -0.25) is 0 Å². The molecule has 1 rings (SSSR count). The number of hydrogen-bond donors (Lipinski definition) is 1. The van der Waals surface area contributed by atoms with Crippen molar-refractivity contribution in [3.8, 4) is 0 Å². The average molecular weight is 231 g/mol. The topological polar surface area (TPSA) is 21.3 Å². The number of ether oxygens (including phenoxy) is 1. The van der Waals surface area contributed by atoms with Crippen molar-refractivity contribution in [3.05, 3.63) is 0 Å². The predicted octanol–water partition coefficient (Wildman–Crippen LogP) is 2.68. The molecule has 0 aromatic heterocycles. The van der Waals surface area contributed by atoms with E-state index in [9.17, 15) is 0 Å². The molecule has 0 aliphatic carbocycles. The first-order valence-electron chi connectivity index (χ1n) is 6.24. The van der Waals surface area contributed by atoms with Crippen LogP contribution < -0.4 is 5.32 Å². The predicted molar refractivity (Wildman–Crippen MR) is 68.6 cm³/mol. The highest BCUT2D eigenvalue weighted by molar-refractivity contribution is 8.00. The molecular formula is C12H25NOS. The van der Waals surface area contributed by atoms with Gasteiger partial charge in [-0.15, -0.1) is 0 Å². The maximum atomic E-state index is 5.58. The Morgan fingerprint density at radius 2 is 2.27 bits per heavy atom. The van der Waals surface area contributed by atoms with Crippen molar-refractivity contribution >= 4 is 11.8 Å². The third-order valence-corrected chi connectivity index (χ3v) is 4.55. The van der Waals surface area contributed by atoms with Crippen LogP contribution in [0.1, 0.15) is 40.0 Å². The molecule has 3 heteroatoms. The van der Waals surface area contributed by atoms with Crippen LogP contribution in [0.2, 0.25) is 0 Å². The van der Waals surface area contributed by atoms with Crippen molar-refractivity contribution in [2.75, 3.05) is 19.8 Å². The largest absolute Gasteiger partial charge is 0.380 e. The minimum Gasteiger partial charge on any atom is -0.380 e. The zero-order valence-corrected chi connectivity index (χ0v) is 11.1. The van der Waals surface area contributed by atoms with E-state index in [4.69, 9.17) is 4.74 Å². The quantitative estimate of drug-likeness (QED) is 0.759. The molecule has 1 fully saturated rings. The molecule has 1 saturated heterocycles. The molecule has 3 atom stereocenters. The van der Waals surface area contributed by atoms with Gasteiger partial charge in [0.05, 0.1) is 6.61 Å². The van der Waals surface area contributed by atoms with Gasteiger partial charge in [-0.2, -0.15) is 11.8 Å². The Morgan fingerprint density at radius 3 is 2.93 bits per heavy atom. The normalized spacial score (nSPS) is 29.0. The molecule has 1 aliphatic heterocycles. The van der Waals surface area contributed by atoms with E-state index < -0.39 is 0 Å². The highest BCUT2D eigenvalue weighted by Gasteiger charge is 2.26. The van der Waals surface area contributed by atoms with Crippen molar-refractivity contribution in [2.45, 2.75) is 56.6 Å². The summed E-state index contributed by atoms with van der Waals surface area (Å²) in [4.78, 5) is 0. The Labute approximate surface area is 98.5 Å². The van der Waals surface area contributed by atoms with E-state index >= 15 is 0 Å². The summed E-state index contributed by atoms with van der Waals surface area (Å²) < 4.78 is 5.58. The summed E-state index contributed by atoms with van der Waals surface area (Å²) in [6, 6.07) is 0.665. The molecule has 1 aliphatic rings. The lowest BCUT2D eigenvalue weighted by Gasteiger charge is -2.33. The molecule has 3 unspecified atom stereocenters. The minimum absolute atomic E-state index is 0.653. The van der Waals surface area contributed by atoms with Gasteiger partial charge in [-0.1, -0.05) is 20.8 Å². The first kappa shape index (κ1) is 13.3. The third-order valence-electron chi connectivity index (χ3n) is 2.94. The van der Waals surface area contributed by atoms with Crippen molar-refractivity contribution in [1.82, 2.24) is 5.32 Å². The van der Waals surface area contributed by atoms with E-state index in [1.54, 1.807) is 0 Å². The maximum absolute atomic E-state index is 5.58. The molecule has 0 spiro atoms. The van der Waals surface area contributed by atoms with Crippen molar-refractivity contribution in [1.29, 1.82) is 0 Å². The van der Waals surface area contributed by atoms with Crippen LogP contribution in [0, 0.1) is 0 Å². The zero-order chi connectivity index (χ0) is 11.1. The standard InChI is InChI=1S/C12H25NOS/c1-4-7-13-11-6-8-14-9-12(11)15-10(3)5-2/h10-13H,4-9H2,1-3H3. The fourth-order valence-corrected chi connectivity index (χ4v) is 3.19. The number of rotatable bonds is 6.